The number of hydrogen-bond acceptors (Lipinski definition) is 1. The second kappa shape index (κ2) is 4.28. The van der Waals surface area contributed by atoms with Crippen molar-refractivity contribution in [2.45, 2.75) is 52.6 Å². The Hall–Kier alpha value is -1.00. The molecule has 1 unspecified atom stereocenters. The third-order valence-electron chi connectivity index (χ3n) is 3.25. The number of rotatable bonds is 1. The van der Waals surface area contributed by atoms with Gasteiger partial charge in [0.1, 0.15) is 5.82 Å². The van der Waals surface area contributed by atoms with Crippen LogP contribution in [-0.2, 0) is 19.3 Å². The van der Waals surface area contributed by atoms with Gasteiger partial charge in [0.25, 0.3) is 0 Å². The molecule has 0 saturated carbocycles. The second-order valence-corrected chi connectivity index (χ2v) is 6.33. The number of aryl methyl sites for hydroxylation is 1. The van der Waals surface area contributed by atoms with E-state index < -0.39 is 12.1 Å². The standard InChI is InChI=1S/C13H19F3N2/c1-12(2,3)7-11-17-9-5-4-8(13(14,15)16)6-10(9)18-11/h8H,4-7H2,1-3H3,(H,17,18). The minimum absolute atomic E-state index is 0.0516. The largest absolute Gasteiger partial charge is 0.392 e. The highest BCUT2D eigenvalue weighted by Gasteiger charge is 2.42. The van der Waals surface area contributed by atoms with Crippen molar-refractivity contribution in [1.82, 2.24) is 9.97 Å². The second-order valence-electron chi connectivity index (χ2n) is 6.33. The molecule has 1 N–H and O–H groups in total. The summed E-state index contributed by atoms with van der Waals surface area (Å²) in [5.41, 5.74) is 1.60. The van der Waals surface area contributed by atoms with Crippen LogP contribution in [0.4, 0.5) is 13.2 Å². The van der Waals surface area contributed by atoms with Crippen LogP contribution in [0.1, 0.15) is 44.4 Å². The van der Waals surface area contributed by atoms with Crippen molar-refractivity contribution >= 4 is 0 Å². The van der Waals surface area contributed by atoms with Gasteiger partial charge in [-0.05, 0) is 18.3 Å². The van der Waals surface area contributed by atoms with E-state index in [1.807, 2.05) is 0 Å². The molecule has 18 heavy (non-hydrogen) atoms. The Morgan fingerprint density at radius 1 is 1.28 bits per heavy atom. The van der Waals surface area contributed by atoms with Crippen molar-refractivity contribution in [3.05, 3.63) is 17.2 Å². The molecule has 1 aromatic rings. The average molecular weight is 260 g/mol. The number of fused-ring (bicyclic) bond motifs is 1. The van der Waals surface area contributed by atoms with Crippen LogP contribution >= 0.6 is 0 Å². The molecule has 1 aliphatic rings. The summed E-state index contributed by atoms with van der Waals surface area (Å²) in [4.78, 5) is 7.51. The fourth-order valence-corrected chi connectivity index (χ4v) is 2.41. The van der Waals surface area contributed by atoms with Crippen molar-refractivity contribution in [2.75, 3.05) is 0 Å². The predicted molar refractivity (Wildman–Crippen MR) is 63.3 cm³/mol. The number of alkyl halides is 3. The van der Waals surface area contributed by atoms with Crippen LogP contribution in [0.2, 0.25) is 0 Å². The van der Waals surface area contributed by atoms with Crippen LogP contribution < -0.4 is 0 Å². The van der Waals surface area contributed by atoms with E-state index in [4.69, 9.17) is 0 Å². The number of imidazole rings is 1. The Morgan fingerprint density at radius 2 is 1.94 bits per heavy atom. The summed E-state index contributed by atoms with van der Waals surface area (Å²) in [7, 11) is 0. The zero-order valence-corrected chi connectivity index (χ0v) is 11.0. The van der Waals surface area contributed by atoms with Crippen molar-refractivity contribution in [3.63, 3.8) is 0 Å². The molecule has 0 amide bonds. The van der Waals surface area contributed by atoms with Gasteiger partial charge in [-0.15, -0.1) is 0 Å². The third kappa shape index (κ3) is 3.06. The maximum absolute atomic E-state index is 12.7. The van der Waals surface area contributed by atoms with Crippen LogP contribution in [0.3, 0.4) is 0 Å². The molecular formula is C13H19F3N2. The smallest absolute Gasteiger partial charge is 0.346 e. The number of hydrogen-bond donors (Lipinski definition) is 1. The van der Waals surface area contributed by atoms with Crippen LogP contribution in [0.25, 0.3) is 0 Å². The molecule has 0 bridgehead atoms. The predicted octanol–water partition coefficient (Wildman–Crippen LogP) is 3.67. The van der Waals surface area contributed by atoms with Crippen LogP contribution in [0.5, 0.6) is 0 Å². The lowest BCUT2D eigenvalue weighted by Crippen LogP contribution is -2.28. The van der Waals surface area contributed by atoms with Gasteiger partial charge >= 0.3 is 6.18 Å². The van der Waals surface area contributed by atoms with E-state index in [9.17, 15) is 13.2 Å². The number of nitrogens with one attached hydrogen (secondary N) is 1. The van der Waals surface area contributed by atoms with E-state index in [1.54, 1.807) is 0 Å². The zero-order chi connectivity index (χ0) is 13.6. The van der Waals surface area contributed by atoms with Crippen molar-refractivity contribution in [1.29, 1.82) is 0 Å². The molecule has 0 saturated heterocycles. The summed E-state index contributed by atoms with van der Waals surface area (Å²) in [6, 6.07) is 0. The minimum atomic E-state index is -4.09. The normalized spacial score (nSPS) is 20.9. The third-order valence-corrected chi connectivity index (χ3v) is 3.25. The Balaban J connectivity index is 2.14. The summed E-state index contributed by atoms with van der Waals surface area (Å²) < 4.78 is 38.0. The van der Waals surface area contributed by atoms with Crippen molar-refractivity contribution < 1.29 is 13.2 Å². The quantitative estimate of drug-likeness (QED) is 0.820. The minimum Gasteiger partial charge on any atom is -0.346 e. The molecule has 1 atom stereocenters. The molecule has 1 heterocycles. The Kier molecular flexibility index (Phi) is 3.19. The zero-order valence-electron chi connectivity index (χ0n) is 11.0. The number of nitrogens with zero attached hydrogens (tertiary/aromatic N) is 1. The molecule has 1 aromatic heterocycles. The summed E-state index contributed by atoms with van der Waals surface area (Å²) in [5, 5.41) is 0. The molecule has 2 nitrogen and oxygen atoms in total. The van der Waals surface area contributed by atoms with Gasteiger partial charge in [-0.3, -0.25) is 0 Å². The van der Waals surface area contributed by atoms with Crippen molar-refractivity contribution in [2.24, 2.45) is 11.3 Å². The van der Waals surface area contributed by atoms with Crippen molar-refractivity contribution in [3.8, 4) is 0 Å². The summed E-state index contributed by atoms with van der Waals surface area (Å²) in [6.45, 7) is 6.27. The number of aromatic nitrogens is 2. The lowest BCUT2D eigenvalue weighted by molar-refractivity contribution is -0.177. The molecule has 0 radical (unpaired) electrons. The van der Waals surface area contributed by atoms with Gasteiger partial charge in [-0.1, -0.05) is 20.8 Å². The van der Waals surface area contributed by atoms with E-state index in [0.717, 1.165) is 17.9 Å². The number of halogens is 3. The highest BCUT2D eigenvalue weighted by Crippen LogP contribution is 2.36. The summed E-state index contributed by atoms with van der Waals surface area (Å²) in [5.74, 6) is -0.400. The first-order chi connectivity index (χ1) is 8.15. The molecule has 0 aromatic carbocycles. The van der Waals surface area contributed by atoms with E-state index in [1.165, 1.54) is 0 Å². The maximum Gasteiger partial charge on any atom is 0.392 e. The lowest BCUT2D eigenvalue weighted by atomic mass is 9.89. The van der Waals surface area contributed by atoms with Crippen LogP contribution in [0.15, 0.2) is 0 Å². The highest BCUT2D eigenvalue weighted by molar-refractivity contribution is 5.19. The van der Waals surface area contributed by atoms with Crippen LogP contribution in [-0.4, -0.2) is 16.1 Å². The molecule has 2 rings (SSSR count). The Morgan fingerprint density at radius 3 is 2.50 bits per heavy atom. The molecule has 0 aliphatic heterocycles. The van der Waals surface area contributed by atoms with Gasteiger partial charge in [0.2, 0.25) is 0 Å². The molecule has 1 aliphatic carbocycles. The van der Waals surface area contributed by atoms with Gasteiger partial charge in [0, 0.05) is 18.5 Å². The van der Waals surface area contributed by atoms with E-state index in [-0.39, 0.29) is 18.3 Å². The van der Waals surface area contributed by atoms with E-state index in [2.05, 4.69) is 30.7 Å². The Labute approximate surface area is 105 Å². The first-order valence-corrected chi connectivity index (χ1v) is 6.28. The fourth-order valence-electron chi connectivity index (χ4n) is 2.41. The fraction of sp³-hybridized carbons (Fsp3) is 0.769. The van der Waals surface area contributed by atoms with Crippen LogP contribution in [0, 0.1) is 11.3 Å². The SMILES string of the molecule is CC(C)(C)Cc1nc2c([nH]1)CC(C(F)(F)F)CC2. The number of aromatic amines is 1. The molecule has 5 heteroatoms. The first-order valence-electron chi connectivity index (χ1n) is 6.28. The maximum atomic E-state index is 12.7. The lowest BCUT2D eigenvalue weighted by Gasteiger charge is -2.23. The summed E-state index contributed by atoms with van der Waals surface area (Å²) in [6.07, 6.45) is -2.68. The van der Waals surface area contributed by atoms with E-state index >= 15 is 0 Å². The first kappa shape index (κ1) is 13.4. The monoisotopic (exact) mass is 260 g/mol. The molecule has 0 fully saturated rings. The van der Waals surface area contributed by atoms with Gasteiger partial charge in [-0.25, -0.2) is 4.98 Å². The molecule has 0 spiro atoms. The molecular weight excluding hydrogens is 241 g/mol. The van der Waals surface area contributed by atoms with E-state index in [0.29, 0.717) is 12.1 Å². The van der Waals surface area contributed by atoms with Gasteiger partial charge in [0.05, 0.1) is 11.6 Å². The Bertz CT molecular complexity index is 426. The topological polar surface area (TPSA) is 28.7 Å². The average Bonchev–Trinajstić information content (AvgIpc) is 2.53. The van der Waals surface area contributed by atoms with Gasteiger partial charge in [0.15, 0.2) is 0 Å². The van der Waals surface area contributed by atoms with Gasteiger partial charge in [-0.2, -0.15) is 13.2 Å². The molecule has 102 valence electrons. The number of H-pyrrole nitrogens is 1. The van der Waals surface area contributed by atoms with Gasteiger partial charge < -0.3 is 4.98 Å². The highest BCUT2D eigenvalue weighted by atomic mass is 19.4. The summed E-state index contributed by atoms with van der Waals surface area (Å²) >= 11 is 0.